The van der Waals surface area contributed by atoms with Crippen molar-refractivity contribution in [1.82, 2.24) is 15.5 Å². The molecule has 7 nitrogen and oxygen atoms in total. The second-order valence-electron chi connectivity index (χ2n) is 11.8. The summed E-state index contributed by atoms with van der Waals surface area (Å²) in [5.41, 5.74) is 1.14. The molecule has 0 bridgehead atoms. The second-order valence-corrected chi connectivity index (χ2v) is 11.8. The number of hydrogen-bond acceptors (Lipinski definition) is 4. The van der Waals surface area contributed by atoms with Gasteiger partial charge in [-0.2, -0.15) is 0 Å². The first-order chi connectivity index (χ1) is 17.4. The van der Waals surface area contributed by atoms with Crippen molar-refractivity contribution in [3.05, 3.63) is 35.4 Å². The number of benzene rings is 1. The van der Waals surface area contributed by atoms with Gasteiger partial charge < -0.3 is 20.3 Å². The lowest BCUT2D eigenvalue weighted by molar-refractivity contribution is -0.143. The number of hydrogen-bond donors (Lipinski definition) is 2. The topological polar surface area (TPSA) is 87.7 Å². The highest BCUT2D eigenvalue weighted by Gasteiger charge is 2.38. The smallest absolute Gasteiger partial charge is 0.408 e. The van der Waals surface area contributed by atoms with Crippen LogP contribution in [0.5, 0.6) is 0 Å². The van der Waals surface area contributed by atoms with Gasteiger partial charge in [-0.05, 0) is 58.4 Å². The molecule has 3 amide bonds. The van der Waals surface area contributed by atoms with Gasteiger partial charge in [0.2, 0.25) is 11.8 Å². The van der Waals surface area contributed by atoms with Gasteiger partial charge in [-0.25, -0.2) is 4.79 Å². The molecule has 1 saturated carbocycles. The van der Waals surface area contributed by atoms with Crippen LogP contribution in [0.15, 0.2) is 24.3 Å². The number of nitrogens with one attached hydrogen (secondary N) is 2. The van der Waals surface area contributed by atoms with Gasteiger partial charge in [-0.1, -0.05) is 82.7 Å². The van der Waals surface area contributed by atoms with Crippen LogP contribution in [0.3, 0.4) is 0 Å². The minimum Gasteiger partial charge on any atom is -0.444 e. The number of alkyl carbamates (subject to hydrolysis) is 1. The van der Waals surface area contributed by atoms with Gasteiger partial charge >= 0.3 is 6.09 Å². The lowest BCUT2D eigenvalue weighted by Gasteiger charge is -2.36. The number of nitrogens with zero attached hydrogens (tertiary/aromatic N) is 1. The molecule has 0 radical (unpaired) electrons. The molecule has 2 unspecified atom stereocenters. The van der Waals surface area contributed by atoms with Gasteiger partial charge in [-0.15, -0.1) is 0 Å². The summed E-state index contributed by atoms with van der Waals surface area (Å²) in [5.74, 6) is -0.599. The number of aryl methyl sites for hydroxylation is 1. The van der Waals surface area contributed by atoms with Crippen LogP contribution in [0.2, 0.25) is 0 Å². The number of carbonyl (C=O) groups excluding carboxylic acids is 3. The third-order valence-corrected chi connectivity index (χ3v) is 6.76. The zero-order chi connectivity index (χ0) is 27.6. The van der Waals surface area contributed by atoms with Crippen LogP contribution in [0.25, 0.3) is 0 Å². The minimum atomic E-state index is -0.814. The molecule has 0 aliphatic heterocycles. The molecule has 0 aromatic heterocycles. The molecule has 2 rings (SSSR count). The van der Waals surface area contributed by atoms with Crippen molar-refractivity contribution in [1.29, 1.82) is 0 Å². The first-order valence-electron chi connectivity index (χ1n) is 14.1. The lowest BCUT2D eigenvalue weighted by Crippen LogP contribution is -2.55. The molecule has 1 aliphatic carbocycles. The summed E-state index contributed by atoms with van der Waals surface area (Å²) in [6.07, 6.45) is 7.42. The Kier molecular flexibility index (Phi) is 11.9. The highest BCUT2D eigenvalue weighted by molar-refractivity contribution is 5.92. The van der Waals surface area contributed by atoms with Crippen molar-refractivity contribution in [2.24, 2.45) is 5.92 Å². The SMILES string of the molecule is CCCCCN(C(=O)C(NC(=O)OC(C)(C)C)C(C)C)C(C(=O)NC1CCCCC1)c1cccc(C)c1. The van der Waals surface area contributed by atoms with Crippen LogP contribution in [0.4, 0.5) is 4.79 Å². The van der Waals surface area contributed by atoms with Crippen molar-refractivity contribution in [3.8, 4) is 0 Å². The number of rotatable bonds is 11. The summed E-state index contributed by atoms with van der Waals surface area (Å²) < 4.78 is 5.46. The maximum absolute atomic E-state index is 14.2. The van der Waals surface area contributed by atoms with Gasteiger partial charge in [0.05, 0.1) is 0 Å². The molecular weight excluding hydrogens is 466 g/mol. The largest absolute Gasteiger partial charge is 0.444 e. The molecule has 0 spiro atoms. The Labute approximate surface area is 224 Å². The predicted molar refractivity (Wildman–Crippen MR) is 148 cm³/mol. The van der Waals surface area contributed by atoms with Crippen LogP contribution < -0.4 is 10.6 Å². The molecule has 1 aromatic rings. The van der Waals surface area contributed by atoms with Crippen molar-refractivity contribution in [2.45, 2.75) is 124 Å². The molecule has 1 fully saturated rings. The Bertz CT molecular complexity index is 887. The van der Waals surface area contributed by atoms with Crippen LogP contribution in [-0.2, 0) is 14.3 Å². The fourth-order valence-electron chi connectivity index (χ4n) is 4.87. The Morgan fingerprint density at radius 2 is 1.76 bits per heavy atom. The van der Waals surface area contributed by atoms with Crippen LogP contribution >= 0.6 is 0 Å². The van der Waals surface area contributed by atoms with Gasteiger partial charge in [0.25, 0.3) is 0 Å². The maximum atomic E-state index is 14.2. The normalized spacial score (nSPS) is 16.1. The zero-order valence-electron chi connectivity index (χ0n) is 24.1. The monoisotopic (exact) mass is 515 g/mol. The fourth-order valence-corrected chi connectivity index (χ4v) is 4.87. The molecule has 1 aliphatic rings. The number of ether oxygens (including phenoxy) is 1. The van der Waals surface area contributed by atoms with Crippen molar-refractivity contribution < 1.29 is 19.1 Å². The molecule has 0 heterocycles. The molecular formula is C30H49N3O4. The Morgan fingerprint density at radius 3 is 2.32 bits per heavy atom. The summed E-state index contributed by atoms with van der Waals surface area (Å²) in [7, 11) is 0. The lowest BCUT2D eigenvalue weighted by atomic mass is 9.94. The van der Waals surface area contributed by atoms with E-state index >= 15 is 0 Å². The fraction of sp³-hybridized carbons (Fsp3) is 0.700. The molecule has 2 N–H and O–H groups in total. The first kappa shape index (κ1) is 30.7. The van der Waals surface area contributed by atoms with E-state index in [1.807, 2.05) is 45.0 Å². The van der Waals surface area contributed by atoms with Crippen molar-refractivity contribution in [3.63, 3.8) is 0 Å². The highest BCUT2D eigenvalue weighted by atomic mass is 16.6. The van der Waals surface area contributed by atoms with E-state index in [2.05, 4.69) is 17.6 Å². The first-order valence-corrected chi connectivity index (χ1v) is 14.1. The van der Waals surface area contributed by atoms with E-state index in [-0.39, 0.29) is 23.8 Å². The average molecular weight is 516 g/mol. The van der Waals surface area contributed by atoms with Crippen molar-refractivity contribution in [2.75, 3.05) is 6.54 Å². The van der Waals surface area contributed by atoms with E-state index in [9.17, 15) is 14.4 Å². The predicted octanol–water partition coefficient (Wildman–Crippen LogP) is 6.05. The summed E-state index contributed by atoms with van der Waals surface area (Å²) >= 11 is 0. The zero-order valence-corrected chi connectivity index (χ0v) is 24.1. The Hall–Kier alpha value is -2.57. The summed E-state index contributed by atoms with van der Waals surface area (Å²) in [6.45, 7) is 13.7. The average Bonchev–Trinajstić information content (AvgIpc) is 2.81. The number of unbranched alkanes of at least 4 members (excludes halogenated alkanes) is 2. The van der Waals surface area contributed by atoms with Crippen LogP contribution in [-0.4, -0.2) is 47.0 Å². The summed E-state index contributed by atoms with van der Waals surface area (Å²) in [6, 6.07) is 6.37. The number of amides is 3. The van der Waals surface area contributed by atoms with Gasteiger partial charge in [-0.3, -0.25) is 9.59 Å². The molecule has 7 heteroatoms. The Morgan fingerprint density at radius 1 is 1.08 bits per heavy atom. The van der Waals surface area contributed by atoms with Gasteiger partial charge in [0.1, 0.15) is 17.7 Å². The Balaban J connectivity index is 2.44. The second kappa shape index (κ2) is 14.4. The molecule has 0 saturated heterocycles. The third kappa shape index (κ3) is 10.0. The summed E-state index contributed by atoms with van der Waals surface area (Å²) in [4.78, 5) is 42.4. The quantitative estimate of drug-likeness (QED) is 0.351. The highest BCUT2D eigenvalue weighted by Crippen LogP contribution is 2.27. The van der Waals surface area contributed by atoms with E-state index in [1.165, 1.54) is 6.42 Å². The van der Waals surface area contributed by atoms with Crippen molar-refractivity contribution >= 4 is 17.9 Å². The maximum Gasteiger partial charge on any atom is 0.408 e. The molecule has 37 heavy (non-hydrogen) atoms. The number of carbonyl (C=O) groups is 3. The molecule has 2 atom stereocenters. The third-order valence-electron chi connectivity index (χ3n) is 6.76. The van der Waals surface area contributed by atoms with Crippen LogP contribution in [0.1, 0.15) is 110 Å². The molecule has 208 valence electrons. The van der Waals surface area contributed by atoms with E-state index in [4.69, 9.17) is 4.74 Å². The van der Waals surface area contributed by atoms with E-state index in [1.54, 1.807) is 25.7 Å². The van der Waals surface area contributed by atoms with Crippen LogP contribution in [0, 0.1) is 12.8 Å². The van der Waals surface area contributed by atoms with E-state index < -0.39 is 23.8 Å². The van der Waals surface area contributed by atoms with Gasteiger partial charge in [0.15, 0.2) is 0 Å². The van der Waals surface area contributed by atoms with E-state index in [0.717, 1.165) is 56.1 Å². The van der Waals surface area contributed by atoms with E-state index in [0.29, 0.717) is 6.54 Å². The van der Waals surface area contributed by atoms with Gasteiger partial charge in [0, 0.05) is 12.6 Å². The standard InChI is InChI=1S/C30H49N3O4/c1-8-9-13-19-33(28(35)25(21(2)3)32-29(36)37-30(5,6)7)26(23-16-14-15-22(4)20-23)27(34)31-24-17-11-10-12-18-24/h14-16,20-21,24-26H,8-13,17-19H2,1-7H3,(H,31,34)(H,32,36). The minimum absolute atomic E-state index is 0.127. The molecule has 1 aromatic carbocycles. The summed E-state index contributed by atoms with van der Waals surface area (Å²) in [5, 5.41) is 6.06.